The Morgan fingerprint density at radius 3 is 0.927 bits per heavy atom. The second-order valence-corrected chi connectivity index (χ2v) is 13.8. The number of rotatable bonds is 9. The van der Waals surface area contributed by atoms with Crippen LogP contribution in [0.1, 0.15) is 0 Å². The van der Waals surface area contributed by atoms with E-state index >= 15 is 0 Å². The fraction of sp³-hybridized carbons (Fsp3) is 0. The lowest BCUT2D eigenvalue weighted by Gasteiger charge is -2.27. The van der Waals surface area contributed by atoms with E-state index in [1.54, 1.807) is 0 Å². The van der Waals surface area contributed by atoms with Crippen LogP contribution < -0.4 is 4.90 Å². The average molecular weight is 702 g/mol. The molecular weight excluding hydrogens is 663 g/mol. The van der Waals surface area contributed by atoms with Crippen molar-refractivity contribution in [3.8, 4) is 66.8 Å². The summed E-state index contributed by atoms with van der Waals surface area (Å²) in [6.45, 7) is 0. The summed E-state index contributed by atoms with van der Waals surface area (Å²) < 4.78 is 0. The first kappa shape index (κ1) is 33.6. The van der Waals surface area contributed by atoms with E-state index in [9.17, 15) is 0 Å². The zero-order valence-electron chi connectivity index (χ0n) is 30.5. The SMILES string of the molecule is c1ccc(-c2ccc(N(c3ccc(-c4ccccc4)cc3)c3cccc(-c4c(-c5ccccc5)cc(-c5ccccc5)cc4-c4ccccc4)c3)cc2)cc1. The summed E-state index contributed by atoms with van der Waals surface area (Å²) in [5.74, 6) is 0. The molecule has 0 N–H and O–H groups in total. The molecule has 0 unspecified atom stereocenters. The van der Waals surface area contributed by atoms with Gasteiger partial charge in [-0.2, -0.15) is 0 Å². The molecule has 1 heteroatoms. The fourth-order valence-electron chi connectivity index (χ4n) is 7.56. The van der Waals surface area contributed by atoms with E-state index in [4.69, 9.17) is 0 Å². The van der Waals surface area contributed by atoms with E-state index in [0.29, 0.717) is 0 Å². The number of anilines is 3. The van der Waals surface area contributed by atoms with Gasteiger partial charge in [-0.1, -0.05) is 188 Å². The molecule has 55 heavy (non-hydrogen) atoms. The van der Waals surface area contributed by atoms with Gasteiger partial charge >= 0.3 is 0 Å². The van der Waals surface area contributed by atoms with Gasteiger partial charge < -0.3 is 4.90 Å². The Balaban J connectivity index is 1.23. The van der Waals surface area contributed by atoms with Gasteiger partial charge in [0.1, 0.15) is 0 Å². The van der Waals surface area contributed by atoms with Crippen molar-refractivity contribution in [2.24, 2.45) is 0 Å². The molecule has 9 rings (SSSR count). The first-order valence-electron chi connectivity index (χ1n) is 18.8. The van der Waals surface area contributed by atoms with Gasteiger partial charge in [0.2, 0.25) is 0 Å². The van der Waals surface area contributed by atoms with Crippen molar-refractivity contribution < 1.29 is 0 Å². The molecule has 0 aliphatic heterocycles. The van der Waals surface area contributed by atoms with E-state index in [0.717, 1.165) is 22.6 Å². The van der Waals surface area contributed by atoms with Gasteiger partial charge in [0.05, 0.1) is 0 Å². The first-order valence-corrected chi connectivity index (χ1v) is 18.8. The molecule has 0 bridgehead atoms. The van der Waals surface area contributed by atoms with Gasteiger partial charge in [-0.25, -0.2) is 0 Å². The predicted molar refractivity (Wildman–Crippen MR) is 234 cm³/mol. The molecule has 9 aromatic rings. The van der Waals surface area contributed by atoms with Gasteiger partial charge in [0.15, 0.2) is 0 Å². The number of hydrogen-bond donors (Lipinski definition) is 0. The normalized spacial score (nSPS) is 10.9. The monoisotopic (exact) mass is 701 g/mol. The molecule has 0 aliphatic rings. The second kappa shape index (κ2) is 15.4. The largest absolute Gasteiger partial charge is 0.310 e. The van der Waals surface area contributed by atoms with Crippen molar-refractivity contribution in [3.05, 3.63) is 237 Å². The van der Waals surface area contributed by atoms with Gasteiger partial charge in [0.25, 0.3) is 0 Å². The highest BCUT2D eigenvalue weighted by molar-refractivity contribution is 5.98. The highest BCUT2D eigenvalue weighted by atomic mass is 15.1. The summed E-state index contributed by atoms with van der Waals surface area (Å²) in [7, 11) is 0. The van der Waals surface area contributed by atoms with Crippen LogP contribution in [0.5, 0.6) is 0 Å². The quantitative estimate of drug-likeness (QED) is 0.145. The van der Waals surface area contributed by atoms with Crippen LogP contribution in [0.15, 0.2) is 237 Å². The van der Waals surface area contributed by atoms with Crippen molar-refractivity contribution in [1.29, 1.82) is 0 Å². The van der Waals surface area contributed by atoms with Gasteiger partial charge in [0, 0.05) is 17.1 Å². The molecule has 0 saturated carbocycles. The lowest BCUT2D eigenvalue weighted by Crippen LogP contribution is -2.10. The van der Waals surface area contributed by atoms with Crippen LogP contribution in [-0.4, -0.2) is 0 Å². The standard InChI is InChI=1S/C54H39N/c1-6-17-40(18-7-1)43-29-33-49(34-30-43)55(50-35-31-44(32-36-50)41-19-8-2-9-20-41)51-28-16-27-47(37-51)54-52(45-23-12-4-13-24-45)38-48(42-21-10-3-11-22-42)39-53(54)46-25-14-5-15-26-46/h1-39H. The van der Waals surface area contributed by atoms with Crippen LogP contribution in [0, 0.1) is 0 Å². The Labute approximate surface area is 324 Å². The zero-order valence-corrected chi connectivity index (χ0v) is 30.5. The maximum atomic E-state index is 2.37. The molecule has 0 fully saturated rings. The lowest BCUT2D eigenvalue weighted by atomic mass is 9.84. The van der Waals surface area contributed by atoms with Crippen LogP contribution >= 0.6 is 0 Å². The minimum Gasteiger partial charge on any atom is -0.310 e. The lowest BCUT2D eigenvalue weighted by molar-refractivity contribution is 1.28. The maximum absolute atomic E-state index is 2.37. The van der Waals surface area contributed by atoms with Crippen LogP contribution in [0.25, 0.3) is 66.8 Å². The van der Waals surface area contributed by atoms with Crippen LogP contribution in [0.3, 0.4) is 0 Å². The summed E-state index contributed by atoms with van der Waals surface area (Å²) in [5, 5.41) is 0. The van der Waals surface area contributed by atoms with Crippen molar-refractivity contribution in [1.82, 2.24) is 0 Å². The molecule has 0 aliphatic carbocycles. The van der Waals surface area contributed by atoms with E-state index < -0.39 is 0 Å². The molecule has 0 saturated heterocycles. The average Bonchev–Trinajstić information content (AvgIpc) is 3.28. The van der Waals surface area contributed by atoms with Gasteiger partial charge in [-0.15, -0.1) is 0 Å². The number of nitrogens with zero attached hydrogens (tertiary/aromatic N) is 1. The summed E-state index contributed by atoms with van der Waals surface area (Å²) in [5.41, 5.74) is 17.6. The van der Waals surface area contributed by atoms with Gasteiger partial charge in [-0.3, -0.25) is 0 Å². The van der Waals surface area contributed by atoms with Crippen molar-refractivity contribution in [3.63, 3.8) is 0 Å². The Morgan fingerprint density at radius 2 is 0.527 bits per heavy atom. The molecular formula is C54H39N. The van der Waals surface area contributed by atoms with E-state index in [1.807, 2.05) is 0 Å². The third kappa shape index (κ3) is 7.12. The Morgan fingerprint density at radius 1 is 0.200 bits per heavy atom. The molecule has 260 valence electrons. The molecule has 0 spiro atoms. The molecule has 0 atom stereocenters. The third-order valence-electron chi connectivity index (χ3n) is 10.3. The predicted octanol–water partition coefficient (Wildman–Crippen LogP) is 15.2. The summed E-state index contributed by atoms with van der Waals surface area (Å²) in [6, 6.07) is 85.1. The van der Waals surface area contributed by atoms with Crippen molar-refractivity contribution in [2.75, 3.05) is 4.90 Å². The van der Waals surface area contributed by atoms with Crippen LogP contribution in [0.2, 0.25) is 0 Å². The smallest absolute Gasteiger partial charge is 0.0467 e. The Bertz CT molecular complexity index is 2490. The Hall–Kier alpha value is -7.22. The van der Waals surface area contributed by atoms with Crippen LogP contribution in [0.4, 0.5) is 17.1 Å². The summed E-state index contributed by atoms with van der Waals surface area (Å²) >= 11 is 0. The van der Waals surface area contributed by atoms with E-state index in [2.05, 4.69) is 241 Å². The first-order chi connectivity index (χ1) is 27.3. The maximum Gasteiger partial charge on any atom is 0.0467 e. The zero-order chi connectivity index (χ0) is 36.8. The van der Waals surface area contributed by atoms with Crippen molar-refractivity contribution in [2.45, 2.75) is 0 Å². The van der Waals surface area contributed by atoms with E-state index in [-0.39, 0.29) is 0 Å². The minimum absolute atomic E-state index is 1.09. The molecule has 0 aromatic heterocycles. The third-order valence-corrected chi connectivity index (χ3v) is 10.3. The fourth-order valence-corrected chi connectivity index (χ4v) is 7.56. The molecule has 0 heterocycles. The molecule has 9 aromatic carbocycles. The van der Waals surface area contributed by atoms with E-state index in [1.165, 1.54) is 61.2 Å². The molecule has 0 amide bonds. The second-order valence-electron chi connectivity index (χ2n) is 13.8. The summed E-state index contributed by atoms with van der Waals surface area (Å²) in [6.07, 6.45) is 0. The summed E-state index contributed by atoms with van der Waals surface area (Å²) in [4.78, 5) is 2.37. The highest BCUT2D eigenvalue weighted by Crippen LogP contribution is 2.45. The Kier molecular flexibility index (Phi) is 9.41. The van der Waals surface area contributed by atoms with Crippen molar-refractivity contribution >= 4 is 17.1 Å². The van der Waals surface area contributed by atoms with Crippen LogP contribution in [-0.2, 0) is 0 Å². The molecule has 1 nitrogen and oxygen atoms in total. The number of benzene rings is 9. The highest BCUT2D eigenvalue weighted by Gasteiger charge is 2.20. The molecule has 0 radical (unpaired) electrons. The van der Waals surface area contributed by atoms with Gasteiger partial charge in [-0.05, 0) is 115 Å². The number of hydrogen-bond acceptors (Lipinski definition) is 1. The topological polar surface area (TPSA) is 3.24 Å². The minimum atomic E-state index is 1.09.